The molecule has 0 aromatic heterocycles. The van der Waals surface area contributed by atoms with E-state index in [1.807, 2.05) is 72.9 Å². The molecular weight excluding hydrogens is 334 g/mol. The van der Waals surface area contributed by atoms with E-state index in [1.165, 1.54) is 5.39 Å². The summed E-state index contributed by atoms with van der Waals surface area (Å²) in [6.07, 6.45) is 1.17. The highest BCUT2D eigenvalue weighted by Crippen LogP contribution is 2.25. The maximum Gasteiger partial charge on any atom is 0.127 e. The molecule has 0 saturated carbocycles. The fraction of sp³-hybridized carbons (Fsp3) is 0.125. The quantitative estimate of drug-likeness (QED) is 0.502. The van der Waals surface area contributed by atoms with E-state index in [0.29, 0.717) is 6.54 Å². The number of aliphatic hydroxyl groups excluding tert-OH is 1. The van der Waals surface area contributed by atoms with Crippen LogP contribution in [0.1, 0.15) is 5.56 Å². The van der Waals surface area contributed by atoms with Gasteiger partial charge in [0.15, 0.2) is 0 Å². The monoisotopic (exact) mass is 355 g/mol. The maximum atomic E-state index is 10.2. The first kappa shape index (κ1) is 17.3. The van der Waals surface area contributed by atoms with Crippen molar-refractivity contribution >= 4 is 27.8 Å². The first-order valence-corrected chi connectivity index (χ1v) is 9.07. The lowest BCUT2D eigenvalue weighted by atomic mass is 10.1. The molecule has 4 rings (SSSR count). The van der Waals surface area contributed by atoms with Gasteiger partial charge in [-0.3, -0.25) is 4.99 Å². The molecule has 134 valence electrons. The molecule has 0 spiro atoms. The summed E-state index contributed by atoms with van der Waals surface area (Å²) >= 11 is 0. The Morgan fingerprint density at radius 3 is 2.22 bits per heavy atom. The van der Waals surface area contributed by atoms with Crippen LogP contribution < -0.4 is 4.74 Å². The summed E-state index contributed by atoms with van der Waals surface area (Å²) in [4.78, 5) is 4.41. The summed E-state index contributed by atoms with van der Waals surface area (Å²) in [6.45, 7) is 0.509. The number of fused-ring (bicyclic) bond motifs is 2. The van der Waals surface area contributed by atoms with Crippen molar-refractivity contribution in [2.75, 3.05) is 13.2 Å². The van der Waals surface area contributed by atoms with Crippen molar-refractivity contribution in [3.05, 3.63) is 90.5 Å². The zero-order chi connectivity index (χ0) is 18.5. The minimum absolute atomic E-state index is 0.209. The van der Waals surface area contributed by atoms with Crippen molar-refractivity contribution in [1.82, 2.24) is 0 Å². The molecule has 0 saturated heterocycles. The van der Waals surface area contributed by atoms with Gasteiger partial charge in [0, 0.05) is 17.2 Å². The Hall–Kier alpha value is -3.17. The lowest BCUT2D eigenvalue weighted by molar-refractivity contribution is 0.115. The lowest BCUT2D eigenvalue weighted by Crippen LogP contribution is -2.20. The van der Waals surface area contributed by atoms with Gasteiger partial charge < -0.3 is 9.84 Å². The summed E-state index contributed by atoms with van der Waals surface area (Å²) in [7, 11) is 0. The first-order chi connectivity index (χ1) is 13.3. The van der Waals surface area contributed by atoms with E-state index in [9.17, 15) is 5.11 Å². The molecule has 0 aliphatic heterocycles. The molecule has 0 aliphatic carbocycles. The molecule has 0 bridgehead atoms. The molecule has 3 heteroatoms. The summed E-state index contributed by atoms with van der Waals surface area (Å²) < 4.78 is 5.83. The SMILES string of the molecule is O[C@@H](CN=Cc1cccc2ccccc12)COc1cccc2ccccc12. The van der Waals surface area contributed by atoms with Crippen molar-refractivity contribution in [2.45, 2.75) is 6.10 Å². The molecule has 0 fully saturated rings. The average Bonchev–Trinajstić information content (AvgIpc) is 2.72. The van der Waals surface area contributed by atoms with Crippen LogP contribution in [0.15, 0.2) is 89.9 Å². The lowest BCUT2D eigenvalue weighted by Gasteiger charge is -2.12. The Morgan fingerprint density at radius 2 is 1.41 bits per heavy atom. The molecule has 0 radical (unpaired) electrons. The van der Waals surface area contributed by atoms with Gasteiger partial charge in [0.05, 0.1) is 6.54 Å². The number of rotatable bonds is 6. The predicted molar refractivity (Wildman–Crippen MR) is 112 cm³/mol. The summed E-state index contributed by atoms with van der Waals surface area (Å²) in [5.74, 6) is 0.783. The second-order valence-corrected chi connectivity index (χ2v) is 6.50. The minimum Gasteiger partial charge on any atom is -0.490 e. The van der Waals surface area contributed by atoms with Crippen LogP contribution in [0, 0.1) is 0 Å². The van der Waals surface area contributed by atoms with E-state index in [0.717, 1.165) is 27.5 Å². The molecule has 0 unspecified atom stereocenters. The van der Waals surface area contributed by atoms with E-state index in [-0.39, 0.29) is 6.61 Å². The average molecular weight is 355 g/mol. The van der Waals surface area contributed by atoms with Crippen molar-refractivity contribution in [2.24, 2.45) is 4.99 Å². The Morgan fingerprint density at radius 1 is 0.778 bits per heavy atom. The van der Waals surface area contributed by atoms with Crippen LogP contribution in [0.4, 0.5) is 0 Å². The molecule has 0 aliphatic rings. The van der Waals surface area contributed by atoms with Gasteiger partial charge in [-0.05, 0) is 22.2 Å². The molecule has 27 heavy (non-hydrogen) atoms. The third-order valence-corrected chi connectivity index (χ3v) is 4.55. The Balaban J connectivity index is 1.39. The van der Waals surface area contributed by atoms with Crippen molar-refractivity contribution < 1.29 is 9.84 Å². The number of benzene rings is 4. The van der Waals surface area contributed by atoms with Crippen molar-refractivity contribution in [3.63, 3.8) is 0 Å². The van der Waals surface area contributed by atoms with Gasteiger partial charge in [-0.1, -0.05) is 78.9 Å². The van der Waals surface area contributed by atoms with E-state index in [4.69, 9.17) is 4.74 Å². The van der Waals surface area contributed by atoms with E-state index >= 15 is 0 Å². The summed E-state index contributed by atoms with van der Waals surface area (Å²) in [5, 5.41) is 14.7. The molecule has 0 heterocycles. The van der Waals surface area contributed by atoms with Crippen LogP contribution in [-0.4, -0.2) is 30.6 Å². The topological polar surface area (TPSA) is 41.8 Å². The number of hydrogen-bond acceptors (Lipinski definition) is 3. The zero-order valence-electron chi connectivity index (χ0n) is 15.0. The Kier molecular flexibility index (Phi) is 5.13. The van der Waals surface area contributed by atoms with Gasteiger partial charge in [0.25, 0.3) is 0 Å². The van der Waals surface area contributed by atoms with Gasteiger partial charge in [0.2, 0.25) is 0 Å². The smallest absolute Gasteiger partial charge is 0.127 e. The molecule has 1 N–H and O–H groups in total. The summed E-state index contributed by atoms with van der Waals surface area (Å²) in [6, 6.07) is 28.3. The van der Waals surface area contributed by atoms with Crippen LogP contribution in [-0.2, 0) is 0 Å². The number of nitrogens with zero attached hydrogens (tertiary/aromatic N) is 1. The number of ether oxygens (including phenoxy) is 1. The van der Waals surface area contributed by atoms with Crippen LogP contribution >= 0.6 is 0 Å². The van der Waals surface area contributed by atoms with E-state index in [2.05, 4.69) is 23.2 Å². The molecule has 1 atom stereocenters. The minimum atomic E-state index is -0.657. The predicted octanol–water partition coefficient (Wildman–Crippen LogP) is 4.85. The largest absolute Gasteiger partial charge is 0.490 e. The van der Waals surface area contributed by atoms with Crippen molar-refractivity contribution in [3.8, 4) is 5.75 Å². The highest BCUT2D eigenvalue weighted by atomic mass is 16.5. The molecule has 4 aromatic rings. The normalized spacial score (nSPS) is 12.6. The third-order valence-electron chi connectivity index (χ3n) is 4.55. The van der Waals surface area contributed by atoms with Gasteiger partial charge in [-0.2, -0.15) is 0 Å². The van der Waals surface area contributed by atoms with Gasteiger partial charge in [-0.25, -0.2) is 0 Å². The molecule has 0 amide bonds. The summed E-state index contributed by atoms with van der Waals surface area (Å²) in [5.41, 5.74) is 1.05. The van der Waals surface area contributed by atoms with Gasteiger partial charge in [0.1, 0.15) is 18.5 Å². The fourth-order valence-electron chi connectivity index (χ4n) is 3.20. The maximum absolute atomic E-state index is 10.2. The van der Waals surface area contributed by atoms with Crippen LogP contribution in [0.3, 0.4) is 0 Å². The highest BCUT2D eigenvalue weighted by molar-refractivity contribution is 5.99. The standard InChI is InChI=1S/C24H21NO2/c26-21(17-27-24-14-6-10-19-8-2-4-13-23(19)24)16-25-15-20-11-5-9-18-7-1-3-12-22(18)20/h1-15,21,26H,16-17H2/t21-/m0/s1. The molecular formula is C24H21NO2. The van der Waals surface area contributed by atoms with E-state index in [1.54, 1.807) is 0 Å². The van der Waals surface area contributed by atoms with Crippen LogP contribution in [0.2, 0.25) is 0 Å². The van der Waals surface area contributed by atoms with Crippen molar-refractivity contribution in [1.29, 1.82) is 0 Å². The van der Waals surface area contributed by atoms with Crippen LogP contribution in [0.25, 0.3) is 21.5 Å². The zero-order valence-corrected chi connectivity index (χ0v) is 15.0. The third kappa shape index (κ3) is 3.99. The fourth-order valence-corrected chi connectivity index (χ4v) is 3.20. The highest BCUT2D eigenvalue weighted by Gasteiger charge is 2.06. The first-order valence-electron chi connectivity index (χ1n) is 9.07. The Labute approximate surface area is 158 Å². The molecule has 4 aromatic carbocycles. The number of hydrogen-bond donors (Lipinski definition) is 1. The van der Waals surface area contributed by atoms with Gasteiger partial charge in [-0.15, -0.1) is 0 Å². The van der Waals surface area contributed by atoms with Gasteiger partial charge >= 0.3 is 0 Å². The second kappa shape index (κ2) is 8.02. The number of aliphatic imine (C=N–C) groups is 1. The Bertz CT molecular complexity index is 1080. The van der Waals surface area contributed by atoms with Crippen LogP contribution in [0.5, 0.6) is 5.75 Å². The number of aliphatic hydroxyl groups is 1. The van der Waals surface area contributed by atoms with E-state index < -0.39 is 6.10 Å². The second-order valence-electron chi connectivity index (χ2n) is 6.50. The molecule has 3 nitrogen and oxygen atoms in total.